The summed E-state index contributed by atoms with van der Waals surface area (Å²) in [6, 6.07) is 1.46. The first kappa shape index (κ1) is 15.9. The molecule has 0 aromatic carbocycles. The highest BCUT2D eigenvalue weighted by molar-refractivity contribution is 5.75. The minimum atomic E-state index is -0.917. The zero-order valence-electron chi connectivity index (χ0n) is 12.1. The first-order valence-corrected chi connectivity index (χ1v) is 6.61. The van der Waals surface area contributed by atoms with Crippen LogP contribution in [0.4, 0.5) is 4.79 Å². The summed E-state index contributed by atoms with van der Waals surface area (Å²) < 4.78 is 0. The van der Waals surface area contributed by atoms with Crippen molar-refractivity contribution in [1.82, 2.24) is 15.2 Å². The fourth-order valence-electron chi connectivity index (χ4n) is 1.89. The molecule has 1 atom stereocenters. The molecule has 1 aromatic heterocycles. The van der Waals surface area contributed by atoms with Crippen LogP contribution in [-0.4, -0.2) is 40.6 Å². The molecule has 6 nitrogen and oxygen atoms in total. The lowest BCUT2D eigenvalue weighted by molar-refractivity contribution is -0.137. The molecule has 0 spiro atoms. The van der Waals surface area contributed by atoms with Crippen molar-refractivity contribution in [3.63, 3.8) is 0 Å². The highest BCUT2D eigenvalue weighted by atomic mass is 16.4. The highest BCUT2D eigenvalue weighted by Gasteiger charge is 2.15. The van der Waals surface area contributed by atoms with Crippen LogP contribution in [0.15, 0.2) is 18.5 Å². The highest BCUT2D eigenvalue weighted by Crippen LogP contribution is 2.17. The van der Waals surface area contributed by atoms with E-state index in [2.05, 4.69) is 10.3 Å². The molecule has 0 aliphatic rings. The maximum atomic E-state index is 11.9. The topological polar surface area (TPSA) is 82.5 Å². The molecule has 0 bridgehead atoms. The Hall–Kier alpha value is -2.11. The normalized spacial score (nSPS) is 11.8. The van der Waals surface area contributed by atoms with Gasteiger partial charge in [0.25, 0.3) is 0 Å². The molecule has 1 unspecified atom stereocenters. The number of hydrogen-bond donors (Lipinski definition) is 2. The van der Waals surface area contributed by atoms with Crippen LogP contribution in [-0.2, 0) is 11.2 Å². The van der Waals surface area contributed by atoms with E-state index < -0.39 is 5.97 Å². The third-order valence-electron chi connectivity index (χ3n) is 3.14. The number of carbonyl (C=O) groups excluding carboxylic acids is 1. The van der Waals surface area contributed by atoms with E-state index >= 15 is 0 Å². The van der Waals surface area contributed by atoms with E-state index in [9.17, 15) is 9.59 Å². The number of aliphatic carboxylic acids is 1. The molecule has 20 heavy (non-hydrogen) atoms. The zero-order valence-corrected chi connectivity index (χ0v) is 12.1. The van der Waals surface area contributed by atoms with E-state index in [1.165, 1.54) is 4.90 Å². The smallest absolute Gasteiger partial charge is 0.317 e. The Morgan fingerprint density at radius 1 is 1.50 bits per heavy atom. The van der Waals surface area contributed by atoms with E-state index in [0.717, 1.165) is 17.5 Å². The van der Waals surface area contributed by atoms with Gasteiger partial charge >= 0.3 is 12.0 Å². The summed E-state index contributed by atoms with van der Waals surface area (Å²) in [5.74, 6) is -0.917. The van der Waals surface area contributed by atoms with Crippen LogP contribution in [0.25, 0.3) is 0 Å². The number of aryl methyl sites for hydroxylation is 1. The van der Waals surface area contributed by atoms with Crippen LogP contribution >= 0.6 is 0 Å². The zero-order chi connectivity index (χ0) is 15.1. The first-order valence-electron chi connectivity index (χ1n) is 6.61. The number of carbonyl (C=O) groups is 2. The summed E-state index contributed by atoms with van der Waals surface area (Å²) in [4.78, 5) is 27.9. The number of amides is 2. The average Bonchev–Trinajstić information content (AvgIpc) is 2.44. The lowest BCUT2D eigenvalue weighted by Crippen LogP contribution is -2.39. The van der Waals surface area contributed by atoms with E-state index in [0.29, 0.717) is 0 Å². The van der Waals surface area contributed by atoms with Gasteiger partial charge < -0.3 is 15.3 Å². The van der Waals surface area contributed by atoms with Gasteiger partial charge in [0.15, 0.2) is 0 Å². The Kier molecular flexibility index (Phi) is 5.96. The Morgan fingerprint density at radius 3 is 2.80 bits per heavy atom. The van der Waals surface area contributed by atoms with Crippen molar-refractivity contribution in [1.29, 1.82) is 0 Å². The van der Waals surface area contributed by atoms with Crippen LogP contribution in [0, 0.1) is 0 Å². The summed E-state index contributed by atoms with van der Waals surface area (Å²) in [5.41, 5.74) is 2.12. The Labute approximate surface area is 118 Å². The van der Waals surface area contributed by atoms with Gasteiger partial charge in [-0.15, -0.1) is 0 Å². The fraction of sp³-hybridized carbons (Fsp3) is 0.500. The molecule has 0 radical (unpaired) electrons. The van der Waals surface area contributed by atoms with Crippen molar-refractivity contribution in [2.24, 2.45) is 0 Å². The number of carboxylic acids is 1. The molecule has 0 aliphatic carbocycles. The predicted octanol–water partition coefficient (Wildman–Crippen LogP) is 1.82. The second-order valence-electron chi connectivity index (χ2n) is 4.66. The number of aromatic nitrogens is 1. The molecule has 0 saturated heterocycles. The molecule has 1 rings (SSSR count). The van der Waals surface area contributed by atoms with Crippen molar-refractivity contribution in [2.45, 2.75) is 32.7 Å². The molecule has 2 amide bonds. The molecule has 2 N–H and O–H groups in total. The largest absolute Gasteiger partial charge is 0.481 e. The predicted molar refractivity (Wildman–Crippen MR) is 75.4 cm³/mol. The number of rotatable bonds is 6. The van der Waals surface area contributed by atoms with Gasteiger partial charge in [-0.2, -0.15) is 0 Å². The molecule has 0 saturated carbocycles. The number of carboxylic acid groups (broad SMARTS) is 1. The standard InChI is InChI=1S/C14H21N3O3/c1-4-11-9-15-7-5-12(11)10(2)16-14(20)17(3)8-6-13(18)19/h5,7,9-10H,4,6,8H2,1-3H3,(H,16,20)(H,18,19). The lowest BCUT2D eigenvalue weighted by atomic mass is 10.0. The van der Waals surface area contributed by atoms with Gasteiger partial charge in [0.05, 0.1) is 12.5 Å². The van der Waals surface area contributed by atoms with E-state index in [-0.39, 0.29) is 25.0 Å². The molecular formula is C14H21N3O3. The summed E-state index contributed by atoms with van der Waals surface area (Å²) in [5, 5.41) is 11.5. The Balaban J connectivity index is 2.63. The minimum Gasteiger partial charge on any atom is -0.481 e. The van der Waals surface area contributed by atoms with Crippen LogP contribution in [0.5, 0.6) is 0 Å². The summed E-state index contributed by atoms with van der Waals surface area (Å²) in [7, 11) is 1.58. The second kappa shape index (κ2) is 7.47. The first-order chi connectivity index (χ1) is 9.45. The molecule has 0 aliphatic heterocycles. The summed E-state index contributed by atoms with van der Waals surface area (Å²) >= 11 is 0. The van der Waals surface area contributed by atoms with Crippen molar-refractivity contribution in [3.05, 3.63) is 29.6 Å². The molecular weight excluding hydrogens is 258 g/mol. The van der Waals surface area contributed by atoms with Crippen LogP contribution in [0.3, 0.4) is 0 Å². The second-order valence-corrected chi connectivity index (χ2v) is 4.66. The monoisotopic (exact) mass is 279 g/mol. The van der Waals surface area contributed by atoms with Crippen LogP contribution in [0.1, 0.15) is 37.4 Å². The lowest BCUT2D eigenvalue weighted by Gasteiger charge is -2.22. The van der Waals surface area contributed by atoms with Crippen LogP contribution in [0.2, 0.25) is 0 Å². The number of nitrogens with zero attached hydrogens (tertiary/aromatic N) is 2. The van der Waals surface area contributed by atoms with Gasteiger partial charge in [-0.05, 0) is 30.5 Å². The number of pyridine rings is 1. The number of nitrogens with one attached hydrogen (secondary N) is 1. The number of hydrogen-bond acceptors (Lipinski definition) is 3. The van der Waals surface area contributed by atoms with E-state index in [1.807, 2.05) is 19.9 Å². The SMILES string of the molecule is CCc1cnccc1C(C)NC(=O)N(C)CCC(=O)O. The summed E-state index contributed by atoms with van der Waals surface area (Å²) in [6.45, 7) is 4.12. The van der Waals surface area contributed by atoms with Gasteiger partial charge in [-0.3, -0.25) is 9.78 Å². The van der Waals surface area contributed by atoms with E-state index in [1.54, 1.807) is 19.4 Å². The fourth-order valence-corrected chi connectivity index (χ4v) is 1.89. The molecule has 1 aromatic rings. The van der Waals surface area contributed by atoms with Crippen molar-refractivity contribution >= 4 is 12.0 Å². The Morgan fingerprint density at radius 2 is 2.20 bits per heavy atom. The number of urea groups is 1. The molecule has 0 fully saturated rings. The van der Waals surface area contributed by atoms with Gasteiger partial charge in [-0.1, -0.05) is 6.92 Å². The quantitative estimate of drug-likeness (QED) is 0.832. The Bertz CT molecular complexity index is 476. The van der Waals surface area contributed by atoms with Gasteiger partial charge in [0.1, 0.15) is 0 Å². The van der Waals surface area contributed by atoms with Gasteiger partial charge in [0, 0.05) is 26.0 Å². The maximum Gasteiger partial charge on any atom is 0.317 e. The molecule has 6 heteroatoms. The third-order valence-corrected chi connectivity index (χ3v) is 3.14. The third kappa shape index (κ3) is 4.53. The van der Waals surface area contributed by atoms with Crippen molar-refractivity contribution in [2.75, 3.05) is 13.6 Å². The average molecular weight is 279 g/mol. The summed E-state index contributed by atoms with van der Waals surface area (Å²) in [6.07, 6.45) is 4.28. The van der Waals surface area contributed by atoms with Crippen molar-refractivity contribution in [3.8, 4) is 0 Å². The molecule has 110 valence electrons. The van der Waals surface area contributed by atoms with E-state index in [4.69, 9.17) is 5.11 Å². The maximum absolute atomic E-state index is 11.9. The minimum absolute atomic E-state index is 0.0617. The van der Waals surface area contributed by atoms with Crippen LogP contribution < -0.4 is 5.32 Å². The van der Waals surface area contributed by atoms with Crippen molar-refractivity contribution < 1.29 is 14.7 Å². The molecule has 1 heterocycles. The van der Waals surface area contributed by atoms with Gasteiger partial charge in [0.2, 0.25) is 0 Å². The van der Waals surface area contributed by atoms with Gasteiger partial charge in [-0.25, -0.2) is 4.79 Å².